The maximum Gasteiger partial charge on any atom is 0.326 e. The average Bonchev–Trinajstić information content (AvgIpc) is 2.94. The van der Waals surface area contributed by atoms with Crippen LogP contribution in [0.5, 0.6) is 17.2 Å². The highest BCUT2D eigenvalue weighted by Crippen LogP contribution is 2.14. The van der Waals surface area contributed by atoms with E-state index in [0.29, 0.717) is 16.7 Å². The van der Waals surface area contributed by atoms with Crippen LogP contribution in [0.4, 0.5) is 0 Å². The molecule has 3 atom stereocenters. The van der Waals surface area contributed by atoms with Crippen molar-refractivity contribution in [2.24, 2.45) is 5.73 Å². The van der Waals surface area contributed by atoms with Gasteiger partial charge in [-0.15, -0.1) is 0 Å². The number of nitrogens with two attached hydrogens (primary N) is 1. The first-order valence-electron chi connectivity index (χ1n) is 12.7. The first-order valence-corrected chi connectivity index (χ1v) is 12.7. The molecule has 12 nitrogen and oxygen atoms in total. The molecule has 9 N–H and O–H groups in total. The summed E-state index contributed by atoms with van der Waals surface area (Å²) in [5.74, 6) is -3.29. The van der Waals surface area contributed by atoms with Gasteiger partial charge >= 0.3 is 5.97 Å². The van der Waals surface area contributed by atoms with Gasteiger partial charge in [0.25, 0.3) is 0 Å². The number of aromatic hydroxyl groups is 3. The molecule has 3 rings (SSSR count). The first-order chi connectivity index (χ1) is 19.5. The third-order valence-electron chi connectivity index (χ3n) is 6.17. The number of carbonyl (C=O) groups is 4. The Morgan fingerprint density at radius 3 is 1.46 bits per heavy atom. The summed E-state index contributed by atoms with van der Waals surface area (Å²) in [4.78, 5) is 50.2. The molecular weight excluding hydrogens is 532 g/mol. The van der Waals surface area contributed by atoms with Gasteiger partial charge in [0.15, 0.2) is 0 Å². The summed E-state index contributed by atoms with van der Waals surface area (Å²) >= 11 is 0. The molecule has 41 heavy (non-hydrogen) atoms. The minimum Gasteiger partial charge on any atom is -0.508 e. The lowest BCUT2D eigenvalue weighted by Gasteiger charge is -2.22. The summed E-state index contributed by atoms with van der Waals surface area (Å²) in [6.07, 6.45) is 0.0607. The van der Waals surface area contributed by atoms with Crippen molar-refractivity contribution in [3.05, 3.63) is 89.5 Å². The smallest absolute Gasteiger partial charge is 0.326 e. The van der Waals surface area contributed by atoms with E-state index in [2.05, 4.69) is 16.0 Å². The van der Waals surface area contributed by atoms with Gasteiger partial charge in [-0.3, -0.25) is 14.4 Å². The largest absolute Gasteiger partial charge is 0.508 e. The number of hydrogen-bond donors (Lipinski definition) is 8. The Kier molecular flexibility index (Phi) is 10.6. The van der Waals surface area contributed by atoms with Gasteiger partial charge in [-0.1, -0.05) is 36.4 Å². The molecule has 0 aliphatic heterocycles. The SMILES string of the molecule is NC(Cc1ccc(O)cc1)C(=O)NCC(=O)NC(Cc1ccc(O)cc1)C(=O)NC(Cc1ccc(O)cc1)C(=O)O. The van der Waals surface area contributed by atoms with Crippen molar-refractivity contribution in [1.29, 1.82) is 0 Å². The van der Waals surface area contributed by atoms with Crippen LogP contribution in [0.3, 0.4) is 0 Å². The highest BCUT2D eigenvalue weighted by molar-refractivity contribution is 5.92. The van der Waals surface area contributed by atoms with Crippen molar-refractivity contribution in [3.63, 3.8) is 0 Å². The molecule has 3 aromatic carbocycles. The highest BCUT2D eigenvalue weighted by Gasteiger charge is 2.27. The van der Waals surface area contributed by atoms with Gasteiger partial charge in [0.05, 0.1) is 12.6 Å². The van der Waals surface area contributed by atoms with Crippen molar-refractivity contribution >= 4 is 23.7 Å². The molecule has 0 fully saturated rings. The van der Waals surface area contributed by atoms with Gasteiger partial charge in [0, 0.05) is 12.8 Å². The molecule has 0 saturated carbocycles. The number of carboxylic acids is 1. The van der Waals surface area contributed by atoms with E-state index in [4.69, 9.17) is 5.73 Å². The van der Waals surface area contributed by atoms with Crippen molar-refractivity contribution in [2.45, 2.75) is 37.4 Å². The quantitative estimate of drug-likeness (QED) is 0.143. The molecule has 216 valence electrons. The maximum absolute atomic E-state index is 13.2. The predicted octanol–water partition coefficient (Wildman–Crippen LogP) is 0.329. The normalized spacial score (nSPS) is 12.9. The second-order valence-corrected chi connectivity index (χ2v) is 9.46. The van der Waals surface area contributed by atoms with Gasteiger partial charge in [0.2, 0.25) is 17.7 Å². The minimum atomic E-state index is -1.33. The molecule has 0 heterocycles. The van der Waals surface area contributed by atoms with E-state index in [1.807, 2.05) is 0 Å². The minimum absolute atomic E-state index is 0.00461. The van der Waals surface area contributed by atoms with E-state index in [-0.39, 0.29) is 36.5 Å². The topological polar surface area (TPSA) is 211 Å². The van der Waals surface area contributed by atoms with Crippen molar-refractivity contribution < 1.29 is 39.6 Å². The number of phenolic OH excluding ortho intramolecular Hbond substituents is 3. The Balaban J connectivity index is 1.64. The lowest BCUT2D eigenvalue weighted by molar-refractivity contribution is -0.142. The van der Waals surface area contributed by atoms with Gasteiger partial charge < -0.3 is 42.1 Å². The summed E-state index contributed by atoms with van der Waals surface area (Å²) in [5, 5.41) is 45.5. The molecule has 0 bridgehead atoms. The summed E-state index contributed by atoms with van der Waals surface area (Å²) in [6.45, 7) is -0.489. The summed E-state index contributed by atoms with van der Waals surface area (Å²) < 4.78 is 0. The highest BCUT2D eigenvalue weighted by atomic mass is 16.4. The van der Waals surface area contributed by atoms with Crippen LogP contribution in [-0.2, 0) is 38.4 Å². The summed E-state index contributed by atoms with van der Waals surface area (Å²) in [6, 6.07) is 14.4. The van der Waals surface area contributed by atoms with Crippen molar-refractivity contribution in [2.75, 3.05) is 6.54 Å². The number of phenols is 3. The van der Waals surface area contributed by atoms with Crippen LogP contribution in [0.1, 0.15) is 16.7 Å². The van der Waals surface area contributed by atoms with Gasteiger partial charge in [-0.25, -0.2) is 4.79 Å². The molecule has 3 unspecified atom stereocenters. The second-order valence-electron chi connectivity index (χ2n) is 9.46. The number of hydrogen-bond acceptors (Lipinski definition) is 8. The van der Waals surface area contributed by atoms with Crippen LogP contribution in [0.15, 0.2) is 72.8 Å². The molecule has 0 saturated heterocycles. The Labute approximate surface area is 235 Å². The second kappa shape index (κ2) is 14.3. The molecule has 3 aromatic rings. The van der Waals surface area contributed by atoms with E-state index < -0.39 is 48.4 Å². The number of aliphatic carboxylic acids is 1. The van der Waals surface area contributed by atoms with Gasteiger partial charge in [-0.05, 0) is 59.5 Å². The zero-order chi connectivity index (χ0) is 29.9. The van der Waals surface area contributed by atoms with Crippen molar-refractivity contribution in [1.82, 2.24) is 16.0 Å². The van der Waals surface area contributed by atoms with E-state index in [9.17, 15) is 39.6 Å². The van der Waals surface area contributed by atoms with Crippen LogP contribution in [0.25, 0.3) is 0 Å². The first kappa shape index (κ1) is 30.4. The number of nitrogens with one attached hydrogen (secondary N) is 3. The molecule has 0 aliphatic rings. The number of carboxylic acid groups (broad SMARTS) is 1. The van der Waals surface area contributed by atoms with Crippen LogP contribution in [0, 0.1) is 0 Å². The molecule has 0 spiro atoms. The van der Waals surface area contributed by atoms with Crippen molar-refractivity contribution in [3.8, 4) is 17.2 Å². The predicted molar refractivity (Wildman–Crippen MR) is 148 cm³/mol. The van der Waals surface area contributed by atoms with E-state index >= 15 is 0 Å². The van der Waals surface area contributed by atoms with Crippen LogP contribution in [0.2, 0.25) is 0 Å². The Hall–Kier alpha value is -5.10. The molecule has 0 radical (unpaired) electrons. The number of carbonyl (C=O) groups excluding carboxylic acids is 3. The maximum atomic E-state index is 13.2. The monoisotopic (exact) mass is 564 g/mol. The molecule has 0 aromatic heterocycles. The molecule has 3 amide bonds. The Bertz CT molecular complexity index is 1340. The third kappa shape index (κ3) is 9.86. The summed E-state index contributed by atoms with van der Waals surface area (Å²) in [5.41, 5.74) is 7.77. The fourth-order valence-electron chi connectivity index (χ4n) is 3.94. The van der Waals surface area contributed by atoms with E-state index in [1.54, 1.807) is 24.3 Å². The van der Waals surface area contributed by atoms with E-state index in [0.717, 1.165) is 0 Å². The van der Waals surface area contributed by atoms with Gasteiger partial charge in [0.1, 0.15) is 29.3 Å². The molecule has 12 heteroatoms. The third-order valence-corrected chi connectivity index (χ3v) is 6.17. The molecular formula is C29H32N4O8. The number of rotatable bonds is 13. The fourth-order valence-corrected chi connectivity index (χ4v) is 3.94. The fraction of sp³-hybridized carbons (Fsp3) is 0.241. The lowest BCUT2D eigenvalue weighted by Crippen LogP contribution is -2.55. The molecule has 0 aliphatic carbocycles. The van der Waals surface area contributed by atoms with Crippen LogP contribution in [-0.4, -0.2) is 68.8 Å². The number of amides is 3. The Morgan fingerprint density at radius 1 is 0.610 bits per heavy atom. The zero-order valence-electron chi connectivity index (χ0n) is 22.0. The average molecular weight is 565 g/mol. The lowest BCUT2D eigenvalue weighted by atomic mass is 10.0. The number of benzene rings is 3. The van der Waals surface area contributed by atoms with E-state index in [1.165, 1.54) is 48.5 Å². The van der Waals surface area contributed by atoms with Crippen LogP contribution < -0.4 is 21.7 Å². The summed E-state index contributed by atoms with van der Waals surface area (Å²) in [7, 11) is 0. The van der Waals surface area contributed by atoms with Crippen LogP contribution >= 0.6 is 0 Å². The Morgan fingerprint density at radius 2 is 1.02 bits per heavy atom. The standard InChI is InChI=1S/C29H32N4O8/c30-23(13-17-1-7-20(34)8-2-17)27(38)31-16-26(37)32-24(14-18-3-9-21(35)10-4-18)28(39)33-25(29(40)41)15-19-5-11-22(36)12-6-19/h1-12,23-25,34-36H,13-16,30H2,(H,31,38)(H,32,37)(H,33,39)(H,40,41). The zero-order valence-corrected chi connectivity index (χ0v) is 22.0. The van der Waals surface area contributed by atoms with Gasteiger partial charge in [-0.2, -0.15) is 0 Å².